The number of rotatable bonds is 10. The maximum Gasteiger partial charge on any atom is 0.410 e. The van der Waals surface area contributed by atoms with Gasteiger partial charge in [0.2, 0.25) is 0 Å². The number of cyclic esters (lactones) is 1. The van der Waals surface area contributed by atoms with Crippen LogP contribution in [0.3, 0.4) is 0 Å². The lowest BCUT2D eigenvalue weighted by molar-refractivity contribution is -0.294. The molecule has 276 valence electrons. The first-order valence-corrected chi connectivity index (χ1v) is 17.7. The zero-order chi connectivity index (χ0) is 36.1. The Balaban J connectivity index is 2.10. The van der Waals surface area contributed by atoms with Crippen LogP contribution in [0.5, 0.6) is 0 Å². The highest BCUT2D eigenvalue weighted by atomic mass is 16.7. The number of amides is 1. The lowest BCUT2D eigenvalue weighted by Crippen LogP contribution is -2.59. The molecule has 0 aromatic carbocycles. The van der Waals surface area contributed by atoms with Gasteiger partial charge in [0.05, 0.1) is 23.9 Å². The second-order valence-electron chi connectivity index (χ2n) is 14.7. The summed E-state index contributed by atoms with van der Waals surface area (Å²) in [4.78, 5) is 45.2. The molecular weight excluding hydrogens is 620 g/mol. The van der Waals surface area contributed by atoms with E-state index in [0.29, 0.717) is 44.6 Å². The van der Waals surface area contributed by atoms with Crippen molar-refractivity contribution in [1.29, 1.82) is 0 Å². The molecule has 2 fully saturated rings. The molecule has 0 spiro atoms. The van der Waals surface area contributed by atoms with E-state index < -0.39 is 71.7 Å². The molecule has 0 bridgehead atoms. The highest BCUT2D eigenvalue weighted by Gasteiger charge is 2.59. The lowest BCUT2D eigenvalue weighted by atomic mass is 9.74. The predicted octanol–water partition coefficient (Wildman–Crippen LogP) is 4.36. The number of esters is 1. The molecule has 48 heavy (non-hydrogen) atoms. The molecule has 0 aromatic heterocycles. The largest absolute Gasteiger partial charge is 0.455 e. The molecule has 1 N–H and O–H groups in total. The average molecular weight is 683 g/mol. The fraction of sp³-hybridized carbons (Fsp3) is 0.861. The summed E-state index contributed by atoms with van der Waals surface area (Å²) in [5, 5.41) is 11.4. The summed E-state index contributed by atoms with van der Waals surface area (Å²) < 4.78 is 36.7. The fourth-order valence-electron chi connectivity index (χ4n) is 8.09. The Bertz CT molecular complexity index is 1150. The Labute approximate surface area is 287 Å². The van der Waals surface area contributed by atoms with E-state index in [9.17, 15) is 19.5 Å². The smallest absolute Gasteiger partial charge is 0.410 e. The SMILES string of the molecule is CCOCCCN1C(=O)O[C@]2(C)[C@@H](CC)OC(=O)/C(C)=C/[C@H](C)[C@@H](O[C@@H]3O[C@H](C)C[C@H](N(C)C)[C@H]3O)[C@@](C)(OC)C[C@@H](C)C(=O)[C@H](C)[C@@H]12. The molecule has 2 saturated heterocycles. The number of hydrogen-bond acceptors (Lipinski definition) is 11. The summed E-state index contributed by atoms with van der Waals surface area (Å²) in [6.45, 7) is 18.0. The molecule has 3 aliphatic heterocycles. The van der Waals surface area contributed by atoms with Crippen molar-refractivity contribution >= 4 is 17.8 Å². The zero-order valence-electron chi connectivity index (χ0n) is 31.3. The van der Waals surface area contributed by atoms with Gasteiger partial charge >= 0.3 is 12.1 Å². The summed E-state index contributed by atoms with van der Waals surface area (Å²) in [6, 6.07) is -0.885. The normalized spacial score (nSPS) is 41.3. The Kier molecular flexibility index (Phi) is 14.1. The highest BCUT2D eigenvalue weighted by Crippen LogP contribution is 2.42. The van der Waals surface area contributed by atoms with Crippen molar-refractivity contribution in [3.8, 4) is 0 Å². The number of likely N-dealkylation sites (N-methyl/N-ethyl adjacent to an activating group) is 1. The standard InChI is InChI=1S/C36H62N2O10/c1-13-27-36(9)30(38(34(42)48-36)16-15-17-44-14-2)25(7)28(39)23(5)20-35(8,43-12)31(21(3)18-22(4)32(41)46-27)47-33-29(40)26(37(10)11)19-24(6)45-33/h18,21,23-27,29-31,33,40H,13-17,19-20H2,1-12H3/b22-18+/t21-,23+,24+,25-,26-,27+,29+,30+,31+,33-,35-,36+/m0/s1. The van der Waals surface area contributed by atoms with Crippen molar-refractivity contribution in [3.63, 3.8) is 0 Å². The second kappa shape index (κ2) is 16.7. The first-order chi connectivity index (χ1) is 22.4. The molecular formula is C36H62N2O10. The van der Waals surface area contributed by atoms with Gasteiger partial charge in [-0.15, -0.1) is 0 Å². The topological polar surface area (TPSA) is 133 Å². The number of nitrogens with zero attached hydrogens (tertiary/aromatic N) is 2. The molecule has 0 aromatic rings. The maximum atomic E-state index is 14.4. The third-order valence-corrected chi connectivity index (χ3v) is 10.7. The van der Waals surface area contributed by atoms with Crippen molar-refractivity contribution in [2.75, 3.05) is 41.0 Å². The quantitative estimate of drug-likeness (QED) is 0.260. The molecule has 12 atom stereocenters. The first-order valence-electron chi connectivity index (χ1n) is 17.7. The van der Waals surface area contributed by atoms with Crippen molar-refractivity contribution in [1.82, 2.24) is 9.80 Å². The molecule has 1 amide bonds. The van der Waals surface area contributed by atoms with Crippen LogP contribution in [0, 0.1) is 17.8 Å². The van der Waals surface area contributed by atoms with Gasteiger partial charge in [-0.2, -0.15) is 0 Å². The van der Waals surface area contributed by atoms with E-state index in [2.05, 4.69) is 0 Å². The zero-order valence-corrected chi connectivity index (χ0v) is 31.3. The third kappa shape index (κ3) is 8.61. The van der Waals surface area contributed by atoms with E-state index in [1.165, 1.54) is 0 Å². The number of ketones is 1. The number of carbonyl (C=O) groups excluding carboxylic acids is 3. The first kappa shape index (κ1) is 40.3. The minimum atomic E-state index is -1.28. The summed E-state index contributed by atoms with van der Waals surface area (Å²) in [5.74, 6) is -2.25. The van der Waals surface area contributed by atoms with Crippen LogP contribution in [0.4, 0.5) is 4.79 Å². The number of aliphatic hydroxyl groups excluding tert-OH is 1. The minimum absolute atomic E-state index is 0.0748. The molecule has 12 heteroatoms. The molecule has 12 nitrogen and oxygen atoms in total. The molecule has 3 rings (SSSR count). The molecule has 3 heterocycles. The maximum absolute atomic E-state index is 14.4. The second-order valence-corrected chi connectivity index (χ2v) is 14.7. The Morgan fingerprint density at radius 1 is 1.10 bits per heavy atom. The van der Waals surface area contributed by atoms with Crippen LogP contribution in [-0.4, -0.2) is 128 Å². The summed E-state index contributed by atoms with van der Waals surface area (Å²) in [5.41, 5.74) is -1.97. The molecule has 3 aliphatic rings. The van der Waals surface area contributed by atoms with Crippen molar-refractivity contribution in [2.45, 2.75) is 142 Å². The van der Waals surface area contributed by atoms with Gasteiger partial charge in [0.15, 0.2) is 11.9 Å². The lowest BCUT2D eigenvalue weighted by Gasteiger charge is -2.47. The van der Waals surface area contributed by atoms with Crippen LogP contribution >= 0.6 is 0 Å². The van der Waals surface area contributed by atoms with Crippen LogP contribution in [0.15, 0.2) is 11.6 Å². The molecule has 0 aliphatic carbocycles. The van der Waals surface area contributed by atoms with E-state index >= 15 is 0 Å². The van der Waals surface area contributed by atoms with E-state index in [-0.39, 0.29) is 24.3 Å². The van der Waals surface area contributed by atoms with E-state index in [1.54, 1.807) is 31.9 Å². The number of ether oxygens (including phenoxy) is 6. The van der Waals surface area contributed by atoms with Crippen LogP contribution in [0.25, 0.3) is 0 Å². The van der Waals surface area contributed by atoms with Crippen molar-refractivity contribution in [2.24, 2.45) is 17.8 Å². The average Bonchev–Trinajstić information content (AvgIpc) is 3.29. The van der Waals surface area contributed by atoms with Crippen LogP contribution < -0.4 is 0 Å². The Hall–Kier alpha value is -2.09. The number of fused-ring (bicyclic) bond motifs is 1. The summed E-state index contributed by atoms with van der Waals surface area (Å²) >= 11 is 0. The Morgan fingerprint density at radius 3 is 2.35 bits per heavy atom. The van der Waals surface area contributed by atoms with Gasteiger partial charge in [0.25, 0.3) is 0 Å². The van der Waals surface area contributed by atoms with Crippen molar-refractivity contribution < 1.29 is 47.9 Å². The summed E-state index contributed by atoms with van der Waals surface area (Å²) in [6.07, 6.45) is -0.550. The summed E-state index contributed by atoms with van der Waals surface area (Å²) in [7, 11) is 5.40. The van der Waals surface area contributed by atoms with Gasteiger partial charge in [-0.25, -0.2) is 9.59 Å². The van der Waals surface area contributed by atoms with Gasteiger partial charge in [-0.05, 0) is 74.4 Å². The number of methoxy groups -OCH3 is 1. The van der Waals surface area contributed by atoms with Gasteiger partial charge in [-0.3, -0.25) is 4.79 Å². The highest BCUT2D eigenvalue weighted by molar-refractivity contribution is 5.88. The fourth-order valence-corrected chi connectivity index (χ4v) is 8.09. The van der Waals surface area contributed by atoms with E-state index in [0.717, 1.165) is 0 Å². The number of carbonyl (C=O) groups is 3. The van der Waals surface area contributed by atoms with Gasteiger partial charge in [0, 0.05) is 56.2 Å². The van der Waals surface area contributed by atoms with Gasteiger partial charge < -0.3 is 43.3 Å². The number of aliphatic hydroxyl groups is 1. The van der Waals surface area contributed by atoms with Crippen molar-refractivity contribution in [3.05, 3.63) is 11.6 Å². The van der Waals surface area contributed by atoms with Crippen LogP contribution in [-0.2, 0) is 38.0 Å². The molecule has 0 saturated carbocycles. The minimum Gasteiger partial charge on any atom is -0.455 e. The van der Waals surface area contributed by atoms with Gasteiger partial charge in [0.1, 0.15) is 18.0 Å². The van der Waals surface area contributed by atoms with E-state index in [1.807, 2.05) is 67.5 Å². The molecule has 0 radical (unpaired) electrons. The van der Waals surface area contributed by atoms with Crippen LogP contribution in [0.2, 0.25) is 0 Å². The number of hydrogen-bond donors (Lipinski definition) is 1. The third-order valence-electron chi connectivity index (χ3n) is 10.7. The Morgan fingerprint density at radius 2 is 1.77 bits per heavy atom. The predicted molar refractivity (Wildman–Crippen MR) is 180 cm³/mol. The molecule has 0 unspecified atom stereocenters. The van der Waals surface area contributed by atoms with Gasteiger partial charge in [-0.1, -0.05) is 33.8 Å². The van der Waals surface area contributed by atoms with E-state index in [4.69, 9.17) is 28.4 Å². The van der Waals surface area contributed by atoms with Crippen LogP contribution in [0.1, 0.15) is 88.0 Å². The number of Topliss-reactive ketones (excluding diaryl/α,β-unsaturated/α-hetero) is 1. The monoisotopic (exact) mass is 682 g/mol.